The highest BCUT2D eigenvalue weighted by Gasteiger charge is 2.78. The molecular formula is C26H41N3O5. The Hall–Kier alpha value is -2.19. The molecule has 3 fully saturated rings. The van der Waals surface area contributed by atoms with E-state index >= 15 is 0 Å². The third-order valence-corrected chi connectivity index (χ3v) is 7.96. The van der Waals surface area contributed by atoms with Crippen molar-refractivity contribution in [1.82, 2.24) is 14.7 Å². The van der Waals surface area contributed by atoms with Gasteiger partial charge >= 0.3 is 0 Å². The van der Waals surface area contributed by atoms with Crippen LogP contribution < -0.4 is 0 Å². The Kier molecular flexibility index (Phi) is 8.24. The molecule has 0 aromatic carbocycles. The molecule has 3 aliphatic heterocycles. The van der Waals surface area contributed by atoms with E-state index in [4.69, 9.17) is 4.74 Å². The minimum Gasteiger partial charge on any atom is -0.396 e. The van der Waals surface area contributed by atoms with E-state index in [0.717, 1.165) is 12.8 Å². The summed E-state index contributed by atoms with van der Waals surface area (Å²) in [5, 5.41) is 9.48. The van der Waals surface area contributed by atoms with Gasteiger partial charge in [0.25, 0.3) is 0 Å². The van der Waals surface area contributed by atoms with Gasteiger partial charge in [-0.3, -0.25) is 14.4 Å². The molecule has 0 aromatic rings. The number of likely N-dealkylation sites (N-methyl/N-ethyl adjacent to an activating group) is 1. The predicted octanol–water partition coefficient (Wildman–Crippen LogP) is 1.98. The average molecular weight is 476 g/mol. The predicted molar refractivity (Wildman–Crippen MR) is 130 cm³/mol. The van der Waals surface area contributed by atoms with Crippen molar-refractivity contribution >= 4 is 17.7 Å². The minimum atomic E-state index is -1.03. The zero-order valence-corrected chi connectivity index (χ0v) is 21.0. The van der Waals surface area contributed by atoms with E-state index in [2.05, 4.69) is 20.1 Å². The first-order valence-electron chi connectivity index (χ1n) is 12.7. The number of fused-ring (bicyclic) bond motifs is 1. The van der Waals surface area contributed by atoms with Crippen LogP contribution in [0.25, 0.3) is 0 Å². The lowest BCUT2D eigenvalue weighted by Gasteiger charge is -2.37. The van der Waals surface area contributed by atoms with E-state index in [1.165, 1.54) is 0 Å². The molecule has 190 valence electrons. The number of aliphatic hydroxyl groups excluding tert-OH is 1. The summed E-state index contributed by atoms with van der Waals surface area (Å²) in [5.41, 5.74) is -1.78. The number of hydrogen-bond acceptors (Lipinski definition) is 5. The summed E-state index contributed by atoms with van der Waals surface area (Å²) in [6.07, 6.45) is 7.32. The molecule has 3 amide bonds. The molecule has 3 heterocycles. The summed E-state index contributed by atoms with van der Waals surface area (Å²) in [5.74, 6) is -1.83. The van der Waals surface area contributed by atoms with Gasteiger partial charge in [-0.25, -0.2) is 0 Å². The molecule has 2 bridgehead atoms. The van der Waals surface area contributed by atoms with Crippen LogP contribution in [0.1, 0.15) is 52.4 Å². The molecule has 1 N–H and O–H groups in total. The molecule has 0 saturated carbocycles. The smallest absolute Gasteiger partial charge is 0.248 e. The molecule has 34 heavy (non-hydrogen) atoms. The molecule has 2 unspecified atom stereocenters. The van der Waals surface area contributed by atoms with Gasteiger partial charge in [0, 0.05) is 39.8 Å². The maximum atomic E-state index is 14.0. The van der Waals surface area contributed by atoms with Gasteiger partial charge in [0.05, 0.1) is 17.4 Å². The third-order valence-electron chi connectivity index (χ3n) is 7.96. The minimum absolute atomic E-state index is 0.0846. The second-order valence-electron chi connectivity index (χ2n) is 9.88. The zero-order valence-electron chi connectivity index (χ0n) is 21.0. The largest absolute Gasteiger partial charge is 0.396 e. The number of ether oxygens (including phenoxy) is 1. The summed E-state index contributed by atoms with van der Waals surface area (Å²) >= 11 is 0. The van der Waals surface area contributed by atoms with Crippen LogP contribution in [0, 0.1) is 11.8 Å². The fourth-order valence-electron chi connectivity index (χ4n) is 6.34. The van der Waals surface area contributed by atoms with Gasteiger partial charge < -0.3 is 24.5 Å². The van der Waals surface area contributed by atoms with Crippen molar-refractivity contribution < 1.29 is 24.2 Å². The van der Waals surface area contributed by atoms with Crippen LogP contribution in [0.4, 0.5) is 0 Å². The lowest BCUT2D eigenvalue weighted by atomic mass is 9.64. The first-order chi connectivity index (χ1) is 16.3. The van der Waals surface area contributed by atoms with E-state index < -0.39 is 29.1 Å². The molecule has 3 rings (SSSR count). The number of aliphatic hydroxyl groups is 1. The molecule has 3 saturated heterocycles. The average Bonchev–Trinajstić information content (AvgIpc) is 3.43. The van der Waals surface area contributed by atoms with Crippen LogP contribution in [0.15, 0.2) is 25.3 Å². The van der Waals surface area contributed by atoms with Gasteiger partial charge in [-0.15, -0.1) is 13.2 Å². The lowest BCUT2D eigenvalue weighted by Crippen LogP contribution is -2.56. The highest BCUT2D eigenvalue weighted by molar-refractivity contribution is 5.99. The van der Waals surface area contributed by atoms with Gasteiger partial charge in [-0.2, -0.15) is 0 Å². The van der Waals surface area contributed by atoms with Gasteiger partial charge in [0.1, 0.15) is 11.6 Å². The van der Waals surface area contributed by atoms with Crippen LogP contribution in [-0.2, 0) is 19.1 Å². The van der Waals surface area contributed by atoms with Crippen molar-refractivity contribution in [2.75, 3.05) is 39.8 Å². The fraction of sp³-hybridized carbons (Fsp3) is 0.731. The van der Waals surface area contributed by atoms with Gasteiger partial charge in [0.2, 0.25) is 17.7 Å². The zero-order chi connectivity index (χ0) is 25.1. The number of carbonyl (C=O) groups is 3. The fourth-order valence-corrected chi connectivity index (χ4v) is 6.34. The van der Waals surface area contributed by atoms with E-state index in [-0.39, 0.29) is 30.9 Å². The number of nitrogens with zero attached hydrogens (tertiary/aromatic N) is 3. The number of amides is 3. The Balaban J connectivity index is 2.07. The number of rotatable bonds is 13. The summed E-state index contributed by atoms with van der Waals surface area (Å²) in [6.45, 7) is 13.1. The maximum absolute atomic E-state index is 14.0. The second-order valence-corrected chi connectivity index (χ2v) is 9.88. The second kappa shape index (κ2) is 10.6. The quantitative estimate of drug-likeness (QED) is 0.412. The molecule has 0 aliphatic carbocycles. The Morgan fingerprint density at radius 2 is 1.88 bits per heavy atom. The third kappa shape index (κ3) is 4.09. The standard InChI is InChI=1S/C26H41N3O5/c1-6-10-16-28(15-8-3)24(33)21-26-13-12-25(9-4,34-26)19(22(31)27(5)14-7-2)20(26)23(32)29(21)17-11-18-30/h7-8,19-21,30H,2-3,6,9-18H2,1,4-5H3/t19-,20-,21?,25+,26?/m0/s1. The van der Waals surface area contributed by atoms with Crippen molar-refractivity contribution in [3.05, 3.63) is 25.3 Å². The normalized spacial score (nSPS) is 31.5. The van der Waals surface area contributed by atoms with E-state index in [1.807, 2.05) is 6.92 Å². The van der Waals surface area contributed by atoms with Crippen molar-refractivity contribution in [3.63, 3.8) is 0 Å². The molecule has 0 aromatic heterocycles. The Morgan fingerprint density at radius 3 is 2.47 bits per heavy atom. The van der Waals surface area contributed by atoms with E-state index in [9.17, 15) is 19.5 Å². The monoisotopic (exact) mass is 475 g/mol. The Morgan fingerprint density at radius 1 is 1.18 bits per heavy atom. The van der Waals surface area contributed by atoms with E-state index in [0.29, 0.717) is 45.3 Å². The van der Waals surface area contributed by atoms with Crippen molar-refractivity contribution in [3.8, 4) is 0 Å². The molecule has 8 nitrogen and oxygen atoms in total. The van der Waals surface area contributed by atoms with Gasteiger partial charge in [-0.1, -0.05) is 32.4 Å². The van der Waals surface area contributed by atoms with Gasteiger partial charge in [0.15, 0.2) is 0 Å². The highest BCUT2D eigenvalue weighted by Crippen LogP contribution is 2.64. The SMILES string of the molecule is C=CCN(C)C(=O)[C@@H]1[C@H]2C(=O)N(CCCO)C(C(=O)N(CC=C)CCCC)C23CC[C@@]1(CC)O3. The molecule has 3 aliphatic rings. The molecular weight excluding hydrogens is 434 g/mol. The van der Waals surface area contributed by atoms with Crippen LogP contribution >= 0.6 is 0 Å². The first-order valence-corrected chi connectivity index (χ1v) is 12.7. The lowest BCUT2D eigenvalue weighted by molar-refractivity contribution is -0.154. The number of hydrogen-bond donors (Lipinski definition) is 1. The van der Waals surface area contributed by atoms with Crippen LogP contribution in [0.5, 0.6) is 0 Å². The van der Waals surface area contributed by atoms with Crippen molar-refractivity contribution in [1.29, 1.82) is 0 Å². The van der Waals surface area contributed by atoms with E-state index in [1.54, 1.807) is 33.9 Å². The number of carbonyl (C=O) groups excluding carboxylic acids is 3. The Labute approximate surface area is 203 Å². The number of likely N-dealkylation sites (tertiary alicyclic amines) is 1. The summed E-state index contributed by atoms with van der Waals surface area (Å²) < 4.78 is 6.76. The van der Waals surface area contributed by atoms with Crippen LogP contribution in [0.2, 0.25) is 0 Å². The van der Waals surface area contributed by atoms with Crippen LogP contribution in [-0.4, -0.2) is 94.6 Å². The molecule has 0 radical (unpaired) electrons. The van der Waals surface area contributed by atoms with Gasteiger partial charge in [-0.05, 0) is 32.1 Å². The highest BCUT2D eigenvalue weighted by atomic mass is 16.5. The topological polar surface area (TPSA) is 90.4 Å². The summed E-state index contributed by atoms with van der Waals surface area (Å²) in [7, 11) is 1.72. The first kappa shape index (κ1) is 26.4. The molecule has 1 spiro atoms. The van der Waals surface area contributed by atoms with Crippen LogP contribution in [0.3, 0.4) is 0 Å². The molecule has 8 heteroatoms. The maximum Gasteiger partial charge on any atom is 0.248 e. The Bertz CT molecular complexity index is 816. The molecule has 5 atom stereocenters. The van der Waals surface area contributed by atoms with Crippen molar-refractivity contribution in [2.45, 2.75) is 69.6 Å². The summed E-state index contributed by atoms with van der Waals surface area (Å²) in [4.78, 5) is 46.5. The van der Waals surface area contributed by atoms with Crippen molar-refractivity contribution in [2.24, 2.45) is 11.8 Å². The number of unbranched alkanes of at least 4 members (excludes halogenated alkanes) is 1. The summed E-state index contributed by atoms with van der Waals surface area (Å²) in [6, 6.07) is -0.802.